The number of furan rings is 1. The topological polar surface area (TPSA) is 25.2 Å². The molecule has 2 nitrogen and oxygen atoms in total. The third-order valence-electron chi connectivity index (χ3n) is 2.24. The summed E-state index contributed by atoms with van der Waals surface area (Å²) in [5.41, 5.74) is 2.49. The summed E-state index contributed by atoms with van der Waals surface area (Å²) in [4.78, 5) is 0. The smallest absolute Gasteiger partial charge is 0.129 e. The maximum Gasteiger partial charge on any atom is 0.129 e. The van der Waals surface area contributed by atoms with Gasteiger partial charge >= 0.3 is 0 Å². The van der Waals surface area contributed by atoms with Crippen LogP contribution in [0.2, 0.25) is 0 Å². The third kappa shape index (κ3) is 4.34. The minimum atomic E-state index is 0.697. The van der Waals surface area contributed by atoms with E-state index in [4.69, 9.17) is 4.42 Å². The lowest BCUT2D eigenvalue weighted by Gasteiger charge is -2.07. The Kier molecular flexibility index (Phi) is 4.63. The fourth-order valence-corrected chi connectivity index (χ4v) is 1.37. The van der Waals surface area contributed by atoms with Crippen LogP contribution in [-0.4, -0.2) is 13.1 Å². The minimum Gasteiger partial charge on any atom is -0.465 e. The van der Waals surface area contributed by atoms with Crippen molar-refractivity contribution in [2.24, 2.45) is 5.92 Å². The molecule has 1 heterocycles. The fraction of sp³-hybridized carbons (Fsp3) is 0.538. The van der Waals surface area contributed by atoms with Crippen molar-refractivity contribution in [3.8, 4) is 0 Å². The van der Waals surface area contributed by atoms with Gasteiger partial charge in [0.25, 0.3) is 0 Å². The highest BCUT2D eigenvalue weighted by Gasteiger charge is 1.99. The van der Waals surface area contributed by atoms with Gasteiger partial charge in [0.2, 0.25) is 0 Å². The molecule has 0 saturated heterocycles. The molecule has 0 aliphatic rings. The van der Waals surface area contributed by atoms with Crippen LogP contribution >= 0.6 is 0 Å². The first-order chi connectivity index (χ1) is 7.09. The maximum atomic E-state index is 5.36. The Morgan fingerprint density at radius 1 is 1.53 bits per heavy atom. The van der Waals surface area contributed by atoms with E-state index in [1.54, 1.807) is 6.26 Å². The first-order valence-corrected chi connectivity index (χ1v) is 5.51. The molecule has 0 amide bonds. The van der Waals surface area contributed by atoms with Crippen molar-refractivity contribution in [3.63, 3.8) is 0 Å². The van der Waals surface area contributed by atoms with Gasteiger partial charge in [-0.05, 0) is 44.0 Å². The van der Waals surface area contributed by atoms with E-state index in [0.29, 0.717) is 5.92 Å². The lowest BCUT2D eigenvalue weighted by Crippen LogP contribution is -2.21. The molecule has 15 heavy (non-hydrogen) atoms. The highest BCUT2D eigenvalue weighted by Crippen LogP contribution is 2.12. The average Bonchev–Trinajstić information content (AvgIpc) is 2.51. The lowest BCUT2D eigenvalue weighted by molar-refractivity contribution is 0.552. The van der Waals surface area contributed by atoms with E-state index in [1.807, 2.05) is 6.07 Å². The molecule has 1 N–H and O–H groups in total. The standard InChI is InChI=1S/C13H21NO/c1-10(2)8-14-9-11(3)7-13-12(4)5-6-15-13/h5-7,10,14H,8-9H2,1-4H3/b11-7+. The molecule has 1 rings (SSSR count). The Hall–Kier alpha value is -1.02. The summed E-state index contributed by atoms with van der Waals surface area (Å²) in [7, 11) is 0. The van der Waals surface area contributed by atoms with Gasteiger partial charge in [0, 0.05) is 6.54 Å². The number of rotatable bonds is 5. The molecule has 0 atom stereocenters. The second-order valence-electron chi connectivity index (χ2n) is 4.48. The normalized spacial score (nSPS) is 12.5. The molecular weight excluding hydrogens is 186 g/mol. The van der Waals surface area contributed by atoms with Gasteiger partial charge in [0.1, 0.15) is 5.76 Å². The van der Waals surface area contributed by atoms with Gasteiger partial charge in [-0.15, -0.1) is 0 Å². The van der Waals surface area contributed by atoms with Gasteiger partial charge in [-0.2, -0.15) is 0 Å². The molecule has 0 saturated carbocycles. The van der Waals surface area contributed by atoms with E-state index in [1.165, 1.54) is 11.1 Å². The molecule has 0 unspecified atom stereocenters. The van der Waals surface area contributed by atoms with Crippen molar-refractivity contribution >= 4 is 6.08 Å². The molecule has 0 spiro atoms. The summed E-state index contributed by atoms with van der Waals surface area (Å²) in [6, 6.07) is 1.99. The molecular formula is C13H21NO. The van der Waals surface area contributed by atoms with Crippen LogP contribution in [0.15, 0.2) is 22.3 Å². The van der Waals surface area contributed by atoms with Crippen molar-refractivity contribution in [2.45, 2.75) is 27.7 Å². The largest absolute Gasteiger partial charge is 0.465 e. The second-order valence-corrected chi connectivity index (χ2v) is 4.48. The number of hydrogen-bond acceptors (Lipinski definition) is 2. The maximum absolute atomic E-state index is 5.36. The molecule has 0 radical (unpaired) electrons. The van der Waals surface area contributed by atoms with Crippen molar-refractivity contribution in [2.75, 3.05) is 13.1 Å². The predicted octanol–water partition coefficient (Wildman–Crippen LogP) is 3.24. The van der Waals surface area contributed by atoms with Crippen LogP contribution in [0, 0.1) is 12.8 Å². The Bertz CT molecular complexity index is 323. The zero-order valence-electron chi connectivity index (χ0n) is 10.1. The zero-order valence-corrected chi connectivity index (χ0v) is 10.1. The first-order valence-electron chi connectivity index (χ1n) is 5.51. The van der Waals surface area contributed by atoms with Crippen LogP contribution in [-0.2, 0) is 0 Å². The minimum absolute atomic E-state index is 0.697. The van der Waals surface area contributed by atoms with Crippen molar-refractivity contribution in [1.82, 2.24) is 5.32 Å². The number of nitrogens with one attached hydrogen (secondary N) is 1. The highest BCUT2D eigenvalue weighted by atomic mass is 16.3. The molecule has 1 aromatic heterocycles. The van der Waals surface area contributed by atoms with Crippen molar-refractivity contribution < 1.29 is 4.42 Å². The summed E-state index contributed by atoms with van der Waals surface area (Å²) < 4.78 is 5.36. The van der Waals surface area contributed by atoms with E-state index >= 15 is 0 Å². The predicted molar refractivity (Wildman–Crippen MR) is 64.8 cm³/mol. The summed E-state index contributed by atoms with van der Waals surface area (Å²) in [6.45, 7) is 10.6. The highest BCUT2D eigenvalue weighted by molar-refractivity contribution is 5.50. The van der Waals surface area contributed by atoms with Gasteiger partial charge in [-0.1, -0.05) is 19.4 Å². The lowest BCUT2D eigenvalue weighted by atomic mass is 10.2. The first kappa shape index (κ1) is 12.1. The summed E-state index contributed by atoms with van der Waals surface area (Å²) in [5.74, 6) is 1.67. The van der Waals surface area contributed by atoms with Gasteiger partial charge in [0.15, 0.2) is 0 Å². The Balaban J connectivity index is 2.43. The van der Waals surface area contributed by atoms with E-state index in [0.717, 1.165) is 18.8 Å². The molecule has 0 aliphatic heterocycles. The molecule has 1 aromatic rings. The Labute approximate surface area is 92.4 Å². The van der Waals surface area contributed by atoms with E-state index in [9.17, 15) is 0 Å². The molecule has 2 heteroatoms. The number of hydrogen-bond donors (Lipinski definition) is 1. The zero-order chi connectivity index (χ0) is 11.3. The molecule has 84 valence electrons. The molecule has 0 aromatic carbocycles. The van der Waals surface area contributed by atoms with Crippen molar-refractivity contribution in [3.05, 3.63) is 29.2 Å². The average molecular weight is 207 g/mol. The van der Waals surface area contributed by atoms with E-state index in [2.05, 4.69) is 39.1 Å². The summed E-state index contributed by atoms with van der Waals surface area (Å²) in [5, 5.41) is 3.41. The van der Waals surface area contributed by atoms with Crippen LogP contribution in [0.5, 0.6) is 0 Å². The van der Waals surface area contributed by atoms with Crippen LogP contribution in [0.1, 0.15) is 32.1 Å². The van der Waals surface area contributed by atoms with Crippen LogP contribution in [0.3, 0.4) is 0 Å². The Morgan fingerprint density at radius 2 is 2.27 bits per heavy atom. The van der Waals surface area contributed by atoms with E-state index in [-0.39, 0.29) is 0 Å². The monoisotopic (exact) mass is 207 g/mol. The number of aryl methyl sites for hydroxylation is 1. The molecule has 0 bridgehead atoms. The third-order valence-corrected chi connectivity index (χ3v) is 2.24. The quantitative estimate of drug-likeness (QED) is 0.802. The van der Waals surface area contributed by atoms with Crippen LogP contribution in [0.25, 0.3) is 6.08 Å². The fourth-order valence-electron chi connectivity index (χ4n) is 1.37. The van der Waals surface area contributed by atoms with Crippen LogP contribution < -0.4 is 5.32 Å². The van der Waals surface area contributed by atoms with Gasteiger partial charge in [-0.25, -0.2) is 0 Å². The Morgan fingerprint density at radius 3 is 2.80 bits per heavy atom. The van der Waals surface area contributed by atoms with Gasteiger partial charge in [-0.3, -0.25) is 0 Å². The van der Waals surface area contributed by atoms with Gasteiger partial charge in [0.05, 0.1) is 6.26 Å². The molecule has 0 fully saturated rings. The van der Waals surface area contributed by atoms with Gasteiger partial charge < -0.3 is 9.73 Å². The second kappa shape index (κ2) is 5.76. The van der Waals surface area contributed by atoms with Crippen LogP contribution in [0.4, 0.5) is 0 Å². The SMILES string of the molecule is C/C(=C\c1occc1C)CNCC(C)C. The van der Waals surface area contributed by atoms with Crippen molar-refractivity contribution in [1.29, 1.82) is 0 Å². The molecule has 0 aliphatic carbocycles. The van der Waals surface area contributed by atoms with E-state index < -0.39 is 0 Å². The summed E-state index contributed by atoms with van der Waals surface area (Å²) in [6.07, 6.45) is 3.83. The summed E-state index contributed by atoms with van der Waals surface area (Å²) >= 11 is 0.